The van der Waals surface area contributed by atoms with Gasteiger partial charge >= 0.3 is 5.69 Å². The van der Waals surface area contributed by atoms with Crippen LogP contribution in [0.3, 0.4) is 0 Å². The van der Waals surface area contributed by atoms with Crippen molar-refractivity contribution >= 4 is 38.5 Å². The molecule has 1 N–H and O–H groups in total. The Kier molecular flexibility index (Phi) is 4.36. The zero-order valence-electron chi connectivity index (χ0n) is 13.7. The number of aromatic nitrogens is 1. The number of fused-ring (bicyclic) bond motifs is 1. The largest absolute Gasteiger partial charge is 0.501 e. The van der Waals surface area contributed by atoms with Gasteiger partial charge in [0.1, 0.15) is 6.04 Å². The van der Waals surface area contributed by atoms with E-state index in [-0.39, 0.29) is 23.5 Å². The van der Waals surface area contributed by atoms with Crippen molar-refractivity contribution in [1.82, 2.24) is 9.88 Å². The highest BCUT2D eigenvalue weighted by Crippen LogP contribution is 2.49. The molecule has 0 radical (unpaired) electrons. The van der Waals surface area contributed by atoms with E-state index in [1.54, 1.807) is 24.0 Å². The fourth-order valence-electron chi connectivity index (χ4n) is 3.39. The zero-order valence-corrected chi connectivity index (χ0v) is 16.1. The number of pyridine rings is 1. The third-order valence-electron chi connectivity index (χ3n) is 4.49. The van der Waals surface area contributed by atoms with Crippen LogP contribution in [0.25, 0.3) is 0 Å². The van der Waals surface area contributed by atoms with Crippen LogP contribution in [0.1, 0.15) is 30.3 Å². The first-order valence-corrected chi connectivity index (χ1v) is 9.72. The summed E-state index contributed by atoms with van der Waals surface area (Å²) in [5, 5.41) is 22.7. The molecule has 1 fully saturated rings. The average molecular weight is 435 g/mol. The normalized spacial score (nSPS) is 24.5. The molecule has 26 heavy (non-hydrogen) atoms. The molecule has 0 bridgehead atoms. The van der Waals surface area contributed by atoms with Crippen LogP contribution in [0.15, 0.2) is 46.0 Å². The van der Waals surface area contributed by atoms with Gasteiger partial charge in [0, 0.05) is 24.1 Å². The van der Waals surface area contributed by atoms with E-state index in [9.17, 15) is 15.2 Å². The number of halogens is 1. The molecule has 2 aliphatic rings. The third kappa shape index (κ3) is 2.84. The van der Waals surface area contributed by atoms with Crippen LogP contribution in [-0.4, -0.2) is 36.9 Å². The topological polar surface area (TPSA) is 91.9 Å². The van der Waals surface area contributed by atoms with Gasteiger partial charge in [0.25, 0.3) is 0 Å². The summed E-state index contributed by atoms with van der Waals surface area (Å²) in [4.78, 5) is 22.2. The summed E-state index contributed by atoms with van der Waals surface area (Å²) in [7, 11) is 0. The maximum atomic E-state index is 11.3. The first-order valence-electron chi connectivity index (χ1n) is 8.04. The van der Waals surface area contributed by atoms with Gasteiger partial charge in [0.05, 0.1) is 21.1 Å². The minimum absolute atomic E-state index is 0.201. The number of amidine groups is 1. The molecule has 1 aromatic carbocycles. The Balaban J connectivity index is 1.84. The SMILES string of the molecule is C[C@H]1CN2C(=N[C@@H](c3ccccn3)[C@@H]2c2cc(Br)c(O)c([N+](=O)[O-])c2)S1. The second-order valence-corrected chi connectivity index (χ2v) is 8.52. The van der Waals surface area contributed by atoms with Crippen molar-refractivity contribution in [3.63, 3.8) is 0 Å². The van der Waals surface area contributed by atoms with Crippen molar-refractivity contribution in [2.75, 3.05) is 6.54 Å². The first-order chi connectivity index (χ1) is 12.5. The van der Waals surface area contributed by atoms with Gasteiger partial charge in [-0.25, -0.2) is 0 Å². The van der Waals surface area contributed by atoms with Crippen molar-refractivity contribution in [2.24, 2.45) is 4.99 Å². The average Bonchev–Trinajstić information content (AvgIpc) is 3.13. The summed E-state index contributed by atoms with van der Waals surface area (Å²) < 4.78 is 0.301. The summed E-state index contributed by atoms with van der Waals surface area (Å²) in [6.07, 6.45) is 1.72. The van der Waals surface area contributed by atoms with Crippen molar-refractivity contribution in [1.29, 1.82) is 0 Å². The number of aromatic hydroxyl groups is 1. The Morgan fingerprint density at radius 1 is 1.42 bits per heavy atom. The Labute approximate surface area is 162 Å². The molecule has 2 aliphatic heterocycles. The predicted octanol–water partition coefficient (Wildman–Crippen LogP) is 4.05. The molecule has 0 aliphatic carbocycles. The number of nitro groups is 1. The summed E-state index contributed by atoms with van der Waals surface area (Å²) in [6, 6.07) is 8.40. The van der Waals surface area contributed by atoms with Gasteiger partial charge in [-0.2, -0.15) is 0 Å². The van der Waals surface area contributed by atoms with Gasteiger partial charge in [0.2, 0.25) is 5.75 Å². The van der Waals surface area contributed by atoms with E-state index in [1.807, 2.05) is 18.2 Å². The monoisotopic (exact) mass is 434 g/mol. The van der Waals surface area contributed by atoms with Crippen LogP contribution in [0, 0.1) is 10.1 Å². The van der Waals surface area contributed by atoms with E-state index < -0.39 is 4.92 Å². The quantitative estimate of drug-likeness (QED) is 0.578. The Bertz CT molecular complexity index is 908. The molecule has 0 unspecified atom stereocenters. The molecule has 1 saturated heterocycles. The fourth-order valence-corrected chi connectivity index (χ4v) is 4.95. The Hall–Kier alpha value is -2.13. The number of phenols is 1. The van der Waals surface area contributed by atoms with Crippen LogP contribution in [0.5, 0.6) is 5.75 Å². The van der Waals surface area contributed by atoms with Crippen molar-refractivity contribution in [3.8, 4) is 5.75 Å². The number of nitrogens with zero attached hydrogens (tertiary/aromatic N) is 4. The van der Waals surface area contributed by atoms with Crippen LogP contribution in [0.4, 0.5) is 5.69 Å². The second-order valence-electron chi connectivity index (χ2n) is 6.26. The number of hydrogen-bond acceptors (Lipinski definition) is 7. The van der Waals surface area contributed by atoms with Crippen LogP contribution >= 0.6 is 27.7 Å². The molecular weight excluding hydrogens is 420 g/mol. The van der Waals surface area contributed by atoms with E-state index >= 15 is 0 Å². The smallest absolute Gasteiger partial charge is 0.312 e. The second kappa shape index (κ2) is 6.55. The van der Waals surface area contributed by atoms with E-state index in [1.165, 1.54) is 6.07 Å². The molecule has 3 atom stereocenters. The van der Waals surface area contributed by atoms with Crippen molar-refractivity contribution in [3.05, 3.63) is 62.4 Å². The van der Waals surface area contributed by atoms with Gasteiger partial charge in [-0.05, 0) is 39.7 Å². The van der Waals surface area contributed by atoms with Crippen molar-refractivity contribution in [2.45, 2.75) is 24.3 Å². The lowest BCUT2D eigenvalue weighted by atomic mass is 9.96. The first kappa shape index (κ1) is 17.3. The minimum Gasteiger partial charge on any atom is -0.501 e. The maximum Gasteiger partial charge on any atom is 0.312 e. The number of thioether (sulfide) groups is 1. The lowest BCUT2D eigenvalue weighted by Crippen LogP contribution is -2.28. The van der Waals surface area contributed by atoms with Gasteiger partial charge in [-0.1, -0.05) is 24.8 Å². The summed E-state index contributed by atoms with van der Waals surface area (Å²) >= 11 is 4.95. The van der Waals surface area contributed by atoms with E-state index in [0.717, 1.165) is 23.0 Å². The number of aliphatic imine (C=N–C) groups is 1. The summed E-state index contributed by atoms with van der Waals surface area (Å²) in [6.45, 7) is 2.94. The Morgan fingerprint density at radius 3 is 2.92 bits per heavy atom. The van der Waals surface area contributed by atoms with E-state index in [4.69, 9.17) is 4.99 Å². The molecule has 0 amide bonds. The fraction of sp³-hybridized carbons (Fsp3) is 0.294. The molecule has 3 heterocycles. The third-order valence-corrected chi connectivity index (χ3v) is 6.19. The maximum absolute atomic E-state index is 11.3. The van der Waals surface area contributed by atoms with Gasteiger partial charge in [0.15, 0.2) is 5.17 Å². The molecule has 2 aromatic rings. The molecule has 0 saturated carbocycles. The van der Waals surface area contributed by atoms with E-state index in [0.29, 0.717) is 9.72 Å². The molecule has 134 valence electrons. The highest BCUT2D eigenvalue weighted by molar-refractivity contribution is 9.10. The number of benzene rings is 1. The van der Waals surface area contributed by atoms with Gasteiger partial charge in [-0.3, -0.25) is 20.1 Å². The standard InChI is InChI=1S/C17H15BrN4O3S/c1-9-8-21-15(10-6-11(18)16(23)13(7-10)22(24)25)14(20-17(21)26-9)12-4-2-3-5-19-12/h2-7,9,14-15,23H,8H2,1H3/t9-,14-,15-/m0/s1. The highest BCUT2D eigenvalue weighted by Gasteiger charge is 2.44. The lowest BCUT2D eigenvalue weighted by Gasteiger charge is -2.27. The van der Waals surface area contributed by atoms with E-state index in [2.05, 4.69) is 32.7 Å². The Morgan fingerprint density at radius 2 is 2.23 bits per heavy atom. The molecular formula is C17H15BrN4O3S. The summed E-state index contributed by atoms with van der Waals surface area (Å²) in [5.74, 6) is -0.364. The minimum atomic E-state index is -0.572. The van der Waals surface area contributed by atoms with Crippen LogP contribution in [-0.2, 0) is 0 Å². The van der Waals surface area contributed by atoms with Crippen molar-refractivity contribution < 1.29 is 10.0 Å². The number of rotatable bonds is 3. The lowest BCUT2D eigenvalue weighted by molar-refractivity contribution is -0.386. The van der Waals surface area contributed by atoms with Crippen LogP contribution < -0.4 is 0 Å². The summed E-state index contributed by atoms with van der Waals surface area (Å²) in [5.41, 5.74) is 1.23. The van der Waals surface area contributed by atoms with Crippen LogP contribution in [0.2, 0.25) is 0 Å². The zero-order chi connectivity index (χ0) is 18.4. The number of phenolic OH excluding ortho intramolecular Hbond substituents is 1. The number of nitro benzene ring substituents is 1. The predicted molar refractivity (Wildman–Crippen MR) is 103 cm³/mol. The highest BCUT2D eigenvalue weighted by atomic mass is 79.9. The molecule has 9 heteroatoms. The molecule has 1 aromatic heterocycles. The number of hydrogen-bond donors (Lipinski definition) is 1. The van der Waals surface area contributed by atoms with Gasteiger partial charge < -0.3 is 10.0 Å². The molecule has 7 nitrogen and oxygen atoms in total. The molecule has 0 spiro atoms. The van der Waals surface area contributed by atoms with Gasteiger partial charge in [-0.15, -0.1) is 0 Å². The molecule has 4 rings (SSSR count).